The van der Waals surface area contributed by atoms with Crippen molar-refractivity contribution < 1.29 is 14.4 Å². The van der Waals surface area contributed by atoms with Crippen molar-refractivity contribution in [1.82, 2.24) is 9.88 Å². The van der Waals surface area contributed by atoms with Gasteiger partial charge in [-0.1, -0.05) is 29.5 Å². The van der Waals surface area contributed by atoms with E-state index in [1.807, 2.05) is 35.7 Å². The molecule has 1 N–H and O–H groups in total. The third kappa shape index (κ3) is 3.98. The van der Waals surface area contributed by atoms with Crippen LogP contribution >= 0.6 is 22.7 Å². The lowest BCUT2D eigenvalue weighted by Crippen LogP contribution is -2.43. The normalized spacial score (nSPS) is 16.4. The van der Waals surface area contributed by atoms with E-state index < -0.39 is 6.04 Å². The van der Waals surface area contributed by atoms with Gasteiger partial charge in [0, 0.05) is 19.4 Å². The van der Waals surface area contributed by atoms with Crippen LogP contribution in [0.5, 0.6) is 0 Å². The molecular weight excluding hydrogens is 394 g/mol. The molecule has 6 nitrogen and oxygen atoms in total. The topological polar surface area (TPSA) is 79.4 Å². The fraction of sp³-hybridized carbons (Fsp3) is 0.300. The molecule has 2 amide bonds. The first-order valence-electron chi connectivity index (χ1n) is 9.14. The van der Waals surface area contributed by atoms with Crippen molar-refractivity contribution in [2.24, 2.45) is 0 Å². The molecular formula is C20H19N3O3S2. The van der Waals surface area contributed by atoms with Gasteiger partial charge in [0.2, 0.25) is 11.8 Å². The van der Waals surface area contributed by atoms with Crippen LogP contribution in [-0.2, 0) is 9.59 Å². The van der Waals surface area contributed by atoms with Crippen molar-refractivity contribution in [3.8, 4) is 0 Å². The molecule has 144 valence electrons. The molecule has 1 saturated heterocycles. The second kappa shape index (κ2) is 8.20. The highest BCUT2D eigenvalue weighted by atomic mass is 32.1. The number of aromatic nitrogens is 1. The maximum absolute atomic E-state index is 12.7. The summed E-state index contributed by atoms with van der Waals surface area (Å²) in [7, 11) is 0. The number of para-hydroxylation sites is 1. The number of carbonyl (C=O) groups is 3. The summed E-state index contributed by atoms with van der Waals surface area (Å²) < 4.78 is 1.00. The number of fused-ring (bicyclic) bond motifs is 1. The second-order valence-electron chi connectivity index (χ2n) is 6.62. The van der Waals surface area contributed by atoms with Crippen LogP contribution in [0.4, 0.5) is 5.13 Å². The van der Waals surface area contributed by atoms with E-state index in [0.717, 1.165) is 16.6 Å². The number of thiophene rings is 1. The third-order valence-corrected chi connectivity index (χ3v) is 6.62. The van der Waals surface area contributed by atoms with Gasteiger partial charge < -0.3 is 10.2 Å². The summed E-state index contributed by atoms with van der Waals surface area (Å²) in [4.78, 5) is 44.1. The average Bonchev–Trinajstić information content (AvgIpc) is 3.45. The number of likely N-dealkylation sites (tertiary alicyclic amines) is 1. The fourth-order valence-corrected chi connectivity index (χ4v) is 4.94. The summed E-state index contributed by atoms with van der Waals surface area (Å²) in [5.41, 5.74) is 0.842. The highest BCUT2D eigenvalue weighted by molar-refractivity contribution is 7.22. The number of rotatable bonds is 6. The van der Waals surface area contributed by atoms with E-state index in [4.69, 9.17) is 0 Å². The Balaban J connectivity index is 1.37. The first-order chi connectivity index (χ1) is 13.6. The van der Waals surface area contributed by atoms with E-state index in [-0.39, 0.29) is 30.4 Å². The van der Waals surface area contributed by atoms with Gasteiger partial charge in [-0.25, -0.2) is 4.98 Å². The molecule has 4 rings (SSSR count). The summed E-state index contributed by atoms with van der Waals surface area (Å²) >= 11 is 2.80. The average molecular weight is 414 g/mol. The van der Waals surface area contributed by atoms with E-state index in [0.29, 0.717) is 23.0 Å². The lowest BCUT2D eigenvalue weighted by molar-refractivity contribution is -0.136. The summed E-state index contributed by atoms with van der Waals surface area (Å²) in [5.74, 6) is -0.389. The number of amides is 2. The van der Waals surface area contributed by atoms with Gasteiger partial charge in [0.05, 0.1) is 15.1 Å². The molecule has 1 aliphatic rings. The highest BCUT2D eigenvalue weighted by Crippen LogP contribution is 2.27. The van der Waals surface area contributed by atoms with Gasteiger partial charge in [0.1, 0.15) is 6.04 Å². The first kappa shape index (κ1) is 18.8. The zero-order chi connectivity index (χ0) is 19.5. The predicted molar refractivity (Wildman–Crippen MR) is 111 cm³/mol. The van der Waals surface area contributed by atoms with Gasteiger partial charge >= 0.3 is 0 Å². The lowest BCUT2D eigenvalue weighted by Gasteiger charge is -2.23. The van der Waals surface area contributed by atoms with Crippen LogP contribution in [0, 0.1) is 0 Å². The van der Waals surface area contributed by atoms with Crippen LogP contribution < -0.4 is 5.32 Å². The Labute approximate surface area is 170 Å². The molecule has 2 aromatic heterocycles. The molecule has 3 aromatic rings. The zero-order valence-electron chi connectivity index (χ0n) is 15.1. The van der Waals surface area contributed by atoms with Crippen LogP contribution in [-0.4, -0.2) is 40.1 Å². The van der Waals surface area contributed by atoms with Gasteiger partial charge in [-0.3, -0.25) is 14.4 Å². The molecule has 1 aromatic carbocycles. The first-order valence-corrected chi connectivity index (χ1v) is 10.8. The monoisotopic (exact) mass is 413 g/mol. The third-order valence-electron chi connectivity index (χ3n) is 4.76. The number of anilines is 1. The van der Waals surface area contributed by atoms with Gasteiger partial charge in [-0.15, -0.1) is 11.3 Å². The Morgan fingerprint density at radius 1 is 1.14 bits per heavy atom. The van der Waals surface area contributed by atoms with E-state index in [1.54, 1.807) is 11.0 Å². The molecule has 1 atom stereocenters. The molecule has 0 bridgehead atoms. The van der Waals surface area contributed by atoms with Crippen LogP contribution in [0.15, 0.2) is 41.8 Å². The van der Waals surface area contributed by atoms with Crippen molar-refractivity contribution in [2.75, 3.05) is 11.9 Å². The Hall–Kier alpha value is -2.58. The van der Waals surface area contributed by atoms with Crippen molar-refractivity contribution in [1.29, 1.82) is 0 Å². The summed E-state index contributed by atoms with van der Waals surface area (Å²) in [6, 6.07) is 10.8. The Kier molecular flexibility index (Phi) is 5.50. The van der Waals surface area contributed by atoms with E-state index in [1.165, 1.54) is 22.7 Å². The molecule has 3 heterocycles. The number of Topliss-reactive ketones (excluding diaryl/α,β-unsaturated/α-hetero) is 1. The molecule has 0 saturated carbocycles. The lowest BCUT2D eigenvalue weighted by atomic mass is 10.1. The Morgan fingerprint density at radius 2 is 2.00 bits per heavy atom. The molecule has 1 fully saturated rings. The van der Waals surface area contributed by atoms with Crippen molar-refractivity contribution in [2.45, 2.75) is 31.7 Å². The number of benzene rings is 1. The van der Waals surface area contributed by atoms with Crippen molar-refractivity contribution in [3.63, 3.8) is 0 Å². The Bertz CT molecular complexity index is 980. The number of hydrogen-bond acceptors (Lipinski definition) is 6. The summed E-state index contributed by atoms with van der Waals surface area (Å²) in [5, 5.41) is 5.24. The van der Waals surface area contributed by atoms with Crippen molar-refractivity contribution >= 4 is 55.6 Å². The number of thiazole rings is 1. The van der Waals surface area contributed by atoms with E-state index >= 15 is 0 Å². The summed E-state index contributed by atoms with van der Waals surface area (Å²) in [6.07, 6.45) is 1.70. The minimum atomic E-state index is -0.503. The smallest absolute Gasteiger partial charge is 0.248 e. The van der Waals surface area contributed by atoms with E-state index in [9.17, 15) is 14.4 Å². The molecule has 0 radical (unpaired) electrons. The van der Waals surface area contributed by atoms with Gasteiger partial charge in [-0.2, -0.15) is 0 Å². The maximum atomic E-state index is 12.7. The van der Waals surface area contributed by atoms with Crippen LogP contribution in [0.3, 0.4) is 0 Å². The van der Waals surface area contributed by atoms with Crippen LogP contribution in [0.2, 0.25) is 0 Å². The van der Waals surface area contributed by atoms with Crippen LogP contribution in [0.1, 0.15) is 35.4 Å². The van der Waals surface area contributed by atoms with E-state index in [2.05, 4.69) is 10.3 Å². The molecule has 0 aliphatic carbocycles. The molecule has 8 heteroatoms. The summed E-state index contributed by atoms with van der Waals surface area (Å²) in [6.45, 7) is 0.546. The molecule has 1 aliphatic heterocycles. The quantitative estimate of drug-likeness (QED) is 0.621. The largest absolute Gasteiger partial charge is 0.331 e. The number of hydrogen-bond donors (Lipinski definition) is 1. The second-order valence-corrected chi connectivity index (χ2v) is 8.60. The highest BCUT2D eigenvalue weighted by Gasteiger charge is 2.34. The van der Waals surface area contributed by atoms with Gasteiger partial charge in [-0.05, 0) is 36.4 Å². The Morgan fingerprint density at radius 3 is 2.79 bits per heavy atom. The van der Waals surface area contributed by atoms with Gasteiger partial charge in [0.15, 0.2) is 10.9 Å². The number of nitrogens with zero attached hydrogens (tertiary/aromatic N) is 2. The maximum Gasteiger partial charge on any atom is 0.248 e. The number of carbonyl (C=O) groups excluding carboxylic acids is 3. The number of ketones is 1. The fourth-order valence-electron chi connectivity index (χ4n) is 3.38. The SMILES string of the molecule is O=C(CCC(=O)N1CCCC1C(=O)Nc1nc2ccccc2s1)c1cccs1. The van der Waals surface area contributed by atoms with Crippen molar-refractivity contribution in [3.05, 3.63) is 46.7 Å². The number of nitrogens with one attached hydrogen (secondary N) is 1. The predicted octanol–water partition coefficient (Wildman–Crippen LogP) is 3.95. The molecule has 0 spiro atoms. The van der Waals surface area contributed by atoms with Crippen LogP contribution in [0.25, 0.3) is 10.2 Å². The minimum Gasteiger partial charge on any atom is -0.331 e. The standard InChI is InChI=1S/C20H19N3O3S2/c24-15(17-8-4-12-27-17)9-10-18(25)23-11-3-6-14(23)19(26)22-20-21-13-5-1-2-7-16(13)28-20/h1-2,4-5,7-8,12,14H,3,6,9-11H2,(H,21,22,26). The molecule has 1 unspecified atom stereocenters. The molecule has 28 heavy (non-hydrogen) atoms. The van der Waals surface area contributed by atoms with Gasteiger partial charge in [0.25, 0.3) is 0 Å². The zero-order valence-corrected chi connectivity index (χ0v) is 16.7. The minimum absolute atomic E-state index is 0.0296.